The molecule has 4 aromatic carbocycles. The molecule has 0 unspecified atom stereocenters. The Bertz CT molecular complexity index is 4350. The van der Waals surface area contributed by atoms with Crippen LogP contribution in [0.25, 0.3) is 11.1 Å². The third-order valence-electron chi connectivity index (χ3n) is 17.1. The van der Waals surface area contributed by atoms with E-state index in [1.165, 1.54) is 97.1 Å². The lowest BCUT2D eigenvalue weighted by atomic mass is 9.85. The first-order chi connectivity index (χ1) is 61.7. The zero-order valence-corrected chi connectivity index (χ0v) is 64.7. The SMILES string of the molecule is [2H]CC(=O)OC[C@@H](OC(=O)C[2H])[C@@H](OC(=O)C[2H])[C@H](OC(=O)C[2H])[C@@H](OC(=O)C[2H])C(=O)NC[C@H]1O[C@@](O)(Cc2ccccc2)[C@H](NC(=O)c2ccc(-c3ccc(C(=O)N[C@@H]4[C@@H](OC(C)=O)[C@H](OC(C)=O)[C@@H](CNC(=O)[C@H](OC(=O)C[2H])[C@@H](OC(=O)C[2H])[C@H](OC(=O)C[2H])[C@@H](COC(=O)C[2H])OC(=O)C[2H])O[C@@]4(O)Cc4ccccc4)cc3)cc2)[C@@H](OC(C)=O)[C@@H]1OC(C)=O. The van der Waals surface area contributed by atoms with E-state index in [0.29, 0.717) is 11.1 Å². The number of carbonyl (C=O) groups is 18. The molecular formula is C80H94N4O36. The van der Waals surface area contributed by atoms with Crippen LogP contribution in [0, 0.1) is 0 Å². The Balaban J connectivity index is 1.35. The van der Waals surface area contributed by atoms with E-state index in [9.17, 15) is 96.5 Å². The van der Waals surface area contributed by atoms with Crippen molar-refractivity contribution < 1.29 is 186 Å². The summed E-state index contributed by atoms with van der Waals surface area (Å²) >= 11 is 0. The summed E-state index contributed by atoms with van der Waals surface area (Å²) in [4.78, 5) is 240. The van der Waals surface area contributed by atoms with Crippen molar-refractivity contribution in [2.45, 2.75) is 219 Å². The van der Waals surface area contributed by atoms with Crippen LogP contribution in [0.5, 0.6) is 0 Å². The van der Waals surface area contributed by atoms with Crippen LogP contribution in [0.1, 0.15) is 142 Å². The van der Waals surface area contributed by atoms with Crippen molar-refractivity contribution in [2.24, 2.45) is 0 Å². The van der Waals surface area contributed by atoms with Crippen LogP contribution in [0.3, 0.4) is 0 Å². The van der Waals surface area contributed by atoms with Crippen LogP contribution in [-0.2, 0) is 165 Å². The first-order valence-electron chi connectivity index (χ1n) is 42.6. The number of rotatable bonds is 37. The number of ether oxygens (including phenoxy) is 16. The molecule has 0 aliphatic carbocycles. The van der Waals surface area contributed by atoms with Gasteiger partial charge >= 0.3 is 83.6 Å². The molecule has 0 radical (unpaired) electrons. The fraction of sp³-hybridized carbons (Fsp3) is 0.475. The van der Waals surface area contributed by atoms with Gasteiger partial charge in [-0.3, -0.25) is 86.3 Å². The second-order valence-electron chi connectivity index (χ2n) is 26.2. The van der Waals surface area contributed by atoms with E-state index in [2.05, 4.69) is 21.3 Å². The van der Waals surface area contributed by atoms with E-state index in [-0.39, 0.29) is 22.3 Å². The summed E-state index contributed by atoms with van der Waals surface area (Å²) < 4.78 is 164. The van der Waals surface area contributed by atoms with Gasteiger partial charge in [0, 0.05) is 147 Å². The maximum atomic E-state index is 14.8. The van der Waals surface area contributed by atoms with E-state index in [4.69, 9.17) is 89.5 Å². The lowest BCUT2D eigenvalue weighted by molar-refractivity contribution is -0.314. The Kier molecular flexibility index (Phi) is 29.8. The highest BCUT2D eigenvalue weighted by Crippen LogP contribution is 2.38. The van der Waals surface area contributed by atoms with Gasteiger partial charge in [-0.15, -0.1) is 0 Å². The number of esters is 14. The van der Waals surface area contributed by atoms with Gasteiger partial charge in [0.2, 0.25) is 12.2 Å². The third kappa shape index (κ3) is 28.8. The number of hydrogen-bond donors (Lipinski definition) is 6. The van der Waals surface area contributed by atoms with E-state index in [1.807, 2.05) is 0 Å². The van der Waals surface area contributed by atoms with Crippen molar-refractivity contribution in [1.82, 2.24) is 21.3 Å². The maximum absolute atomic E-state index is 14.8. The van der Waals surface area contributed by atoms with Gasteiger partial charge in [0.15, 0.2) is 72.6 Å². The average molecular weight is 1700 g/mol. The second-order valence-corrected chi connectivity index (χ2v) is 26.2. The second kappa shape index (κ2) is 44.1. The molecule has 0 saturated carbocycles. The summed E-state index contributed by atoms with van der Waals surface area (Å²) in [5.41, 5.74) is 0.832. The van der Waals surface area contributed by atoms with E-state index in [1.54, 1.807) is 12.1 Å². The normalized spacial score (nSPS) is 22.8. The first kappa shape index (κ1) is 80.9. The Morgan fingerprint density at radius 1 is 0.358 bits per heavy atom. The van der Waals surface area contributed by atoms with Gasteiger partial charge < -0.3 is 107 Å². The van der Waals surface area contributed by atoms with Crippen LogP contribution in [0.15, 0.2) is 109 Å². The molecule has 40 nitrogen and oxygen atoms in total. The lowest BCUT2D eigenvalue weighted by Crippen LogP contribution is -2.73. The van der Waals surface area contributed by atoms with Crippen molar-refractivity contribution in [2.75, 3.05) is 26.3 Å². The highest BCUT2D eigenvalue weighted by Gasteiger charge is 2.61. The molecule has 4 aromatic rings. The molecule has 18 atom stereocenters. The molecule has 120 heavy (non-hydrogen) atoms. The standard InChI is InChI=1S/C80H94N4O36/c1-39(85)105-37-61(107-41(3)87)65(111-45(7)91)67(113-47(9)93)71(117-51(13)97)77(101)81-35-59-63(109-43(5)89)69(115-49(11)95)73(79(103,119-59)33-53-21-17-15-18-22-53)83-75(99)57-29-25-55(26-30-57)56-27-31-58(32-28-56)76(100)84-74-70(116-50(12)96)64(110-44(6)90)60(120-80(74,104)34-54-23-19-16-20-24-54)36-82-78(102)72(118-52(14)98)68(114-48(10)94)66(112-46(8)92)62(108-42(4)88)38-106-40(2)86/h15-32,59-74,103-104H,33-38H2,1-14H3,(H,81,101)(H,82,102)(H,83,99)(H,84,100)/t59-,60-,61-,62-,63-,64-,65-,66-,67+,68+,69+,70+,71-,72-,73-,74-,79+,80+/m1/s1/i1D,2D,3D,4D,7D,8D,9D,10D,13D,14D. The number of amides is 4. The molecule has 0 spiro atoms. The fourth-order valence-electron chi connectivity index (χ4n) is 12.7. The molecule has 2 saturated heterocycles. The topological polar surface area (TPSA) is 544 Å². The molecule has 650 valence electrons. The van der Waals surface area contributed by atoms with Gasteiger partial charge in [0.1, 0.15) is 37.5 Å². The molecule has 2 fully saturated rings. The zero-order chi connectivity index (χ0) is 96.3. The summed E-state index contributed by atoms with van der Waals surface area (Å²) in [6.45, 7) is -13.1. The van der Waals surface area contributed by atoms with Crippen molar-refractivity contribution in [3.8, 4) is 11.1 Å². The average Bonchev–Trinajstić information content (AvgIpc) is 0.753. The lowest BCUT2D eigenvalue weighted by Gasteiger charge is -2.50. The Labute approximate surface area is 700 Å². The van der Waals surface area contributed by atoms with Crippen LogP contribution < -0.4 is 21.3 Å². The molecule has 6 N–H and O–H groups in total. The van der Waals surface area contributed by atoms with Gasteiger partial charge in [-0.25, -0.2) is 0 Å². The largest absolute Gasteiger partial charge is 0.462 e. The Hall–Kier alpha value is -12.8. The van der Waals surface area contributed by atoms with Crippen molar-refractivity contribution in [1.29, 1.82) is 0 Å². The number of carbonyl (C=O) groups excluding carboxylic acids is 18. The summed E-state index contributed by atoms with van der Waals surface area (Å²) in [6, 6.07) is 22.1. The molecule has 0 aromatic heterocycles. The van der Waals surface area contributed by atoms with Crippen LogP contribution in [0.4, 0.5) is 0 Å². The number of benzene rings is 4. The van der Waals surface area contributed by atoms with Gasteiger partial charge in [0.25, 0.3) is 23.6 Å². The Morgan fingerprint density at radius 3 is 0.942 bits per heavy atom. The van der Waals surface area contributed by atoms with Crippen molar-refractivity contribution >= 4 is 107 Å². The number of nitrogens with one attached hydrogen (secondary N) is 4. The minimum Gasteiger partial charge on any atom is -0.462 e. The van der Waals surface area contributed by atoms with E-state index in [0.717, 1.165) is 27.7 Å². The fourth-order valence-corrected chi connectivity index (χ4v) is 12.7. The molecule has 4 amide bonds. The van der Waals surface area contributed by atoms with Crippen molar-refractivity contribution in [3.63, 3.8) is 0 Å². The van der Waals surface area contributed by atoms with Crippen LogP contribution in [-0.4, -0.2) is 253 Å². The third-order valence-corrected chi connectivity index (χ3v) is 17.1. The van der Waals surface area contributed by atoms with Gasteiger partial charge in [-0.05, 0) is 46.5 Å². The minimum atomic E-state index is -2.83. The molecule has 2 aliphatic heterocycles. The number of aliphatic hydroxyl groups is 2. The predicted octanol–water partition coefficient (Wildman–Crippen LogP) is 0.750. The molecule has 6 rings (SSSR count). The monoisotopic (exact) mass is 1700 g/mol. The van der Waals surface area contributed by atoms with Crippen LogP contribution >= 0.6 is 0 Å². The van der Waals surface area contributed by atoms with Crippen LogP contribution in [0.2, 0.25) is 0 Å². The Morgan fingerprint density at radius 2 is 0.642 bits per heavy atom. The molecule has 2 heterocycles. The van der Waals surface area contributed by atoms with Gasteiger partial charge in [-0.2, -0.15) is 0 Å². The highest BCUT2D eigenvalue weighted by molar-refractivity contribution is 5.96. The zero-order valence-electron chi connectivity index (χ0n) is 74.7. The van der Waals surface area contributed by atoms with E-state index >= 15 is 0 Å². The van der Waals surface area contributed by atoms with Gasteiger partial charge in [-0.1, -0.05) is 84.9 Å². The maximum Gasteiger partial charge on any atom is 0.303 e. The van der Waals surface area contributed by atoms with Gasteiger partial charge in [0.05, 0.1) is 0 Å². The summed E-state index contributed by atoms with van der Waals surface area (Å²) in [5, 5.41) is 35.8. The predicted molar refractivity (Wildman–Crippen MR) is 400 cm³/mol. The minimum absolute atomic E-state index is 0.187. The highest BCUT2D eigenvalue weighted by atomic mass is 16.7. The smallest absolute Gasteiger partial charge is 0.303 e. The molecular weight excluding hydrogens is 1590 g/mol. The quantitative estimate of drug-likeness (QED) is 0.0268. The summed E-state index contributed by atoms with van der Waals surface area (Å²) in [6.07, 6.45) is -33.2. The van der Waals surface area contributed by atoms with E-state index < -0.39 is 324 Å². The molecule has 2 aliphatic rings. The summed E-state index contributed by atoms with van der Waals surface area (Å²) in [5.74, 6) is -30.4. The molecule has 0 bridgehead atoms. The first-order valence-corrected chi connectivity index (χ1v) is 35.5. The number of hydrogen-bond acceptors (Lipinski definition) is 36. The summed E-state index contributed by atoms with van der Waals surface area (Å²) in [7, 11) is 0. The molecule has 40 heteroatoms. The van der Waals surface area contributed by atoms with Crippen molar-refractivity contribution in [3.05, 3.63) is 131 Å².